The molecule has 2 N–H and O–H groups in total. The van der Waals surface area contributed by atoms with Crippen LogP contribution in [0.15, 0.2) is 24.3 Å². The van der Waals surface area contributed by atoms with Crippen molar-refractivity contribution in [2.45, 2.75) is 18.5 Å². The number of nitrogens with one attached hydrogen (secondary N) is 2. The van der Waals surface area contributed by atoms with Gasteiger partial charge >= 0.3 is 0 Å². The first-order valence-corrected chi connectivity index (χ1v) is 7.13. The zero-order chi connectivity index (χ0) is 13.2. The average molecular weight is 353 g/mol. The summed E-state index contributed by atoms with van der Waals surface area (Å²) in [5, 5.41) is 7.26. The van der Waals surface area contributed by atoms with Crippen LogP contribution in [0.5, 0.6) is 0 Å². The highest BCUT2D eigenvalue weighted by Gasteiger charge is 2.34. The highest BCUT2D eigenvalue weighted by atomic mass is 35.5. The molecular weight excluding hydrogens is 333 g/mol. The minimum atomic E-state index is 0. The van der Waals surface area contributed by atoms with Crippen molar-refractivity contribution in [2.24, 2.45) is 0 Å². The van der Waals surface area contributed by atoms with Crippen molar-refractivity contribution in [3.05, 3.63) is 34.9 Å². The number of amides is 1. The molecule has 1 aromatic rings. The summed E-state index contributed by atoms with van der Waals surface area (Å²) < 4.78 is 0. The molecule has 3 rings (SSSR count). The first-order chi connectivity index (χ1) is 9.25. The Balaban J connectivity index is 0.00000110. The van der Waals surface area contributed by atoms with Crippen LogP contribution >= 0.6 is 36.4 Å². The Labute approximate surface area is 142 Å². The van der Waals surface area contributed by atoms with Gasteiger partial charge in [-0.3, -0.25) is 4.79 Å². The van der Waals surface area contributed by atoms with Crippen LogP contribution in [-0.2, 0) is 4.79 Å². The van der Waals surface area contributed by atoms with Gasteiger partial charge in [-0.2, -0.15) is 0 Å². The number of nitrogens with zero attached hydrogens (tertiary/aromatic N) is 1. The van der Waals surface area contributed by atoms with E-state index in [1.807, 2.05) is 29.2 Å². The molecule has 7 heteroatoms. The van der Waals surface area contributed by atoms with E-state index in [1.54, 1.807) is 0 Å². The van der Waals surface area contributed by atoms with Crippen molar-refractivity contribution in [1.82, 2.24) is 15.5 Å². The molecular formula is C14H20Cl3N3O. The van der Waals surface area contributed by atoms with Gasteiger partial charge in [0.1, 0.15) is 0 Å². The number of hydrogen-bond acceptors (Lipinski definition) is 3. The van der Waals surface area contributed by atoms with E-state index in [1.165, 1.54) is 0 Å². The van der Waals surface area contributed by atoms with E-state index < -0.39 is 0 Å². The molecule has 1 amide bonds. The molecule has 1 aromatic carbocycles. The Morgan fingerprint density at radius 1 is 1.29 bits per heavy atom. The third-order valence-corrected chi connectivity index (χ3v) is 4.12. The Morgan fingerprint density at radius 3 is 2.67 bits per heavy atom. The molecule has 2 aliphatic rings. The topological polar surface area (TPSA) is 44.4 Å². The van der Waals surface area contributed by atoms with Crippen LogP contribution in [-0.4, -0.2) is 43.0 Å². The van der Waals surface area contributed by atoms with E-state index >= 15 is 0 Å². The number of hydrogen-bond donors (Lipinski definition) is 2. The summed E-state index contributed by atoms with van der Waals surface area (Å²) in [6, 6.07) is 7.89. The van der Waals surface area contributed by atoms with Crippen LogP contribution in [0.25, 0.3) is 0 Å². The number of rotatable bonds is 2. The SMILES string of the molecule is Cl.Cl.O=C([C@H]1CCN1)N1CCNCC1c1cccc(Cl)c1. The molecule has 1 unspecified atom stereocenters. The highest BCUT2D eigenvalue weighted by molar-refractivity contribution is 6.30. The van der Waals surface area contributed by atoms with Crippen LogP contribution in [0.3, 0.4) is 0 Å². The maximum absolute atomic E-state index is 12.5. The van der Waals surface area contributed by atoms with Crippen molar-refractivity contribution in [3.8, 4) is 0 Å². The van der Waals surface area contributed by atoms with Crippen LogP contribution in [0.4, 0.5) is 0 Å². The Hall–Kier alpha value is -0.520. The maximum atomic E-state index is 12.5. The number of benzene rings is 1. The molecule has 2 fully saturated rings. The number of halogens is 3. The molecule has 118 valence electrons. The molecule has 2 atom stereocenters. The summed E-state index contributed by atoms with van der Waals surface area (Å²) in [5.74, 6) is 0.220. The van der Waals surface area contributed by atoms with Gasteiger partial charge in [0.05, 0.1) is 12.1 Å². The predicted molar refractivity (Wildman–Crippen MR) is 89.7 cm³/mol. The highest BCUT2D eigenvalue weighted by Crippen LogP contribution is 2.26. The quantitative estimate of drug-likeness (QED) is 0.856. The lowest BCUT2D eigenvalue weighted by molar-refractivity contribution is -0.138. The number of carbonyl (C=O) groups is 1. The van der Waals surface area contributed by atoms with Crippen LogP contribution in [0.2, 0.25) is 5.02 Å². The molecule has 0 aromatic heterocycles. The molecule has 0 aliphatic carbocycles. The normalized spacial score (nSPS) is 24.3. The van der Waals surface area contributed by atoms with Gasteiger partial charge in [-0.05, 0) is 30.7 Å². The maximum Gasteiger partial charge on any atom is 0.240 e. The molecule has 4 nitrogen and oxygen atoms in total. The molecule has 2 heterocycles. The lowest BCUT2D eigenvalue weighted by atomic mass is 9.99. The fraction of sp³-hybridized carbons (Fsp3) is 0.500. The molecule has 21 heavy (non-hydrogen) atoms. The van der Waals surface area contributed by atoms with Gasteiger partial charge in [-0.25, -0.2) is 0 Å². The van der Waals surface area contributed by atoms with Crippen LogP contribution in [0.1, 0.15) is 18.0 Å². The van der Waals surface area contributed by atoms with Crippen molar-refractivity contribution < 1.29 is 4.79 Å². The standard InChI is InChI=1S/C14H18ClN3O.2ClH/c15-11-3-1-2-10(8-11)13-9-16-6-7-18(13)14(19)12-4-5-17-12;;/h1-3,8,12-13,16-17H,4-7,9H2;2*1H/t12-,13?;;/m1../s1. The minimum Gasteiger partial charge on any atom is -0.332 e. The number of piperazine rings is 1. The van der Waals surface area contributed by atoms with E-state index in [4.69, 9.17) is 11.6 Å². The molecule has 0 saturated carbocycles. The van der Waals surface area contributed by atoms with E-state index in [0.29, 0.717) is 0 Å². The molecule has 0 radical (unpaired) electrons. The van der Waals surface area contributed by atoms with E-state index in [0.717, 1.165) is 43.2 Å². The summed E-state index contributed by atoms with van der Waals surface area (Å²) in [6.07, 6.45) is 0.949. The van der Waals surface area contributed by atoms with Crippen LogP contribution < -0.4 is 10.6 Å². The lowest BCUT2D eigenvalue weighted by Gasteiger charge is -2.40. The number of carbonyl (C=O) groups excluding carboxylic acids is 1. The smallest absolute Gasteiger partial charge is 0.240 e. The Kier molecular flexibility index (Phi) is 7.24. The monoisotopic (exact) mass is 351 g/mol. The van der Waals surface area contributed by atoms with Crippen molar-refractivity contribution in [3.63, 3.8) is 0 Å². The van der Waals surface area contributed by atoms with Crippen molar-refractivity contribution >= 4 is 42.3 Å². The summed E-state index contributed by atoms with van der Waals surface area (Å²) in [7, 11) is 0. The predicted octanol–water partition coefficient (Wildman–Crippen LogP) is 2.02. The summed E-state index contributed by atoms with van der Waals surface area (Å²) >= 11 is 6.06. The molecule has 0 bridgehead atoms. The first-order valence-electron chi connectivity index (χ1n) is 6.76. The summed E-state index contributed by atoms with van der Waals surface area (Å²) in [6.45, 7) is 3.35. The van der Waals surface area contributed by atoms with Gasteiger partial charge in [0, 0.05) is 24.7 Å². The Bertz CT molecular complexity index is 482. The minimum absolute atomic E-state index is 0. The second-order valence-electron chi connectivity index (χ2n) is 5.10. The summed E-state index contributed by atoms with van der Waals surface area (Å²) in [4.78, 5) is 14.4. The Morgan fingerprint density at radius 2 is 2.05 bits per heavy atom. The van der Waals surface area contributed by atoms with E-state index in [2.05, 4.69) is 10.6 Å². The van der Waals surface area contributed by atoms with Crippen LogP contribution in [0, 0.1) is 0 Å². The molecule has 0 spiro atoms. The van der Waals surface area contributed by atoms with Gasteiger partial charge in [-0.1, -0.05) is 23.7 Å². The van der Waals surface area contributed by atoms with Crippen molar-refractivity contribution in [1.29, 1.82) is 0 Å². The first kappa shape index (κ1) is 18.5. The van der Waals surface area contributed by atoms with Gasteiger partial charge in [-0.15, -0.1) is 24.8 Å². The van der Waals surface area contributed by atoms with Gasteiger partial charge in [0.2, 0.25) is 5.91 Å². The summed E-state index contributed by atoms with van der Waals surface area (Å²) in [5.41, 5.74) is 1.10. The fourth-order valence-corrected chi connectivity index (χ4v) is 2.88. The third-order valence-electron chi connectivity index (χ3n) is 3.88. The molecule has 2 saturated heterocycles. The lowest BCUT2D eigenvalue weighted by Crippen LogP contribution is -2.58. The second-order valence-corrected chi connectivity index (χ2v) is 5.54. The van der Waals surface area contributed by atoms with E-state index in [9.17, 15) is 4.79 Å². The van der Waals surface area contributed by atoms with Gasteiger partial charge < -0.3 is 15.5 Å². The second kappa shape index (κ2) is 8.20. The zero-order valence-electron chi connectivity index (χ0n) is 11.5. The third kappa shape index (κ3) is 4.02. The van der Waals surface area contributed by atoms with Gasteiger partial charge in [0.15, 0.2) is 0 Å². The van der Waals surface area contributed by atoms with E-state index in [-0.39, 0.29) is 42.8 Å². The van der Waals surface area contributed by atoms with Gasteiger partial charge in [0.25, 0.3) is 0 Å². The average Bonchev–Trinajstić information content (AvgIpc) is 2.37. The molecule has 2 aliphatic heterocycles. The zero-order valence-corrected chi connectivity index (χ0v) is 13.9. The fourth-order valence-electron chi connectivity index (χ4n) is 2.68. The largest absolute Gasteiger partial charge is 0.332 e. The van der Waals surface area contributed by atoms with Crippen molar-refractivity contribution in [2.75, 3.05) is 26.2 Å².